The summed E-state index contributed by atoms with van der Waals surface area (Å²) in [5.41, 5.74) is 1.19. The molecule has 0 aliphatic carbocycles. The normalized spacial score (nSPS) is 12.4. The summed E-state index contributed by atoms with van der Waals surface area (Å²) in [5, 5.41) is 7.57. The van der Waals surface area contributed by atoms with Crippen LogP contribution in [0.1, 0.15) is 18.5 Å². The van der Waals surface area contributed by atoms with Gasteiger partial charge in [-0.3, -0.25) is 4.68 Å². The lowest BCUT2D eigenvalue weighted by atomic mass is 10.2. The van der Waals surface area contributed by atoms with Gasteiger partial charge in [-0.15, -0.1) is 0 Å². The third-order valence-electron chi connectivity index (χ3n) is 2.86. The summed E-state index contributed by atoms with van der Waals surface area (Å²) >= 11 is 3.40. The van der Waals surface area contributed by atoms with Crippen molar-refractivity contribution in [1.82, 2.24) is 15.1 Å². The minimum Gasteiger partial charge on any atom is -0.492 e. The fraction of sp³-hybridized carbons (Fsp3) is 0.357. The van der Waals surface area contributed by atoms with E-state index in [2.05, 4.69) is 33.3 Å². The van der Waals surface area contributed by atoms with E-state index < -0.39 is 0 Å². The maximum atomic E-state index is 5.65. The van der Waals surface area contributed by atoms with Crippen molar-refractivity contribution in [3.05, 3.63) is 46.7 Å². The molecule has 102 valence electrons. The first-order chi connectivity index (χ1) is 9.15. The highest BCUT2D eigenvalue weighted by atomic mass is 79.9. The molecule has 0 aliphatic rings. The Labute approximate surface area is 121 Å². The van der Waals surface area contributed by atoms with Crippen LogP contribution in [-0.4, -0.2) is 22.9 Å². The largest absolute Gasteiger partial charge is 0.492 e. The van der Waals surface area contributed by atoms with E-state index in [4.69, 9.17) is 4.74 Å². The zero-order chi connectivity index (χ0) is 13.7. The van der Waals surface area contributed by atoms with Crippen molar-refractivity contribution in [1.29, 1.82) is 0 Å². The fourth-order valence-corrected chi connectivity index (χ4v) is 2.02. The van der Waals surface area contributed by atoms with Gasteiger partial charge in [-0.1, -0.05) is 15.9 Å². The molecule has 1 aromatic carbocycles. The van der Waals surface area contributed by atoms with E-state index in [9.17, 15) is 0 Å². The molecule has 0 saturated carbocycles. The van der Waals surface area contributed by atoms with Crippen molar-refractivity contribution in [2.75, 3.05) is 13.2 Å². The first kappa shape index (κ1) is 14.1. The van der Waals surface area contributed by atoms with Crippen LogP contribution >= 0.6 is 15.9 Å². The summed E-state index contributed by atoms with van der Waals surface area (Å²) in [6.07, 6.45) is 3.90. The second-order valence-electron chi connectivity index (χ2n) is 4.43. The van der Waals surface area contributed by atoms with Gasteiger partial charge in [-0.05, 0) is 31.2 Å². The lowest BCUT2D eigenvalue weighted by Gasteiger charge is -2.12. The van der Waals surface area contributed by atoms with Crippen molar-refractivity contribution < 1.29 is 4.74 Å². The second-order valence-corrected chi connectivity index (χ2v) is 5.34. The van der Waals surface area contributed by atoms with Crippen LogP contribution in [-0.2, 0) is 7.05 Å². The third-order valence-corrected chi connectivity index (χ3v) is 3.39. The Hall–Kier alpha value is -1.33. The van der Waals surface area contributed by atoms with E-state index >= 15 is 0 Å². The summed E-state index contributed by atoms with van der Waals surface area (Å²) in [4.78, 5) is 0. The maximum absolute atomic E-state index is 5.65. The SMILES string of the molecule is C[C@@H](NCCOc1ccc(Br)cc1)c1cnn(C)c1. The topological polar surface area (TPSA) is 39.1 Å². The highest BCUT2D eigenvalue weighted by Crippen LogP contribution is 2.16. The van der Waals surface area contributed by atoms with Gasteiger partial charge in [0.25, 0.3) is 0 Å². The van der Waals surface area contributed by atoms with Gasteiger partial charge in [0.05, 0.1) is 6.20 Å². The van der Waals surface area contributed by atoms with Gasteiger partial charge in [-0.25, -0.2) is 0 Å². The molecule has 2 rings (SSSR count). The van der Waals surface area contributed by atoms with E-state index in [1.165, 1.54) is 5.56 Å². The molecule has 0 aliphatic heterocycles. The first-order valence-corrected chi connectivity index (χ1v) is 7.05. The molecule has 0 amide bonds. The molecule has 0 radical (unpaired) electrons. The van der Waals surface area contributed by atoms with Crippen LogP contribution in [0.4, 0.5) is 0 Å². The molecule has 2 aromatic rings. The van der Waals surface area contributed by atoms with Gasteiger partial charge in [-0.2, -0.15) is 5.10 Å². The molecule has 4 nitrogen and oxygen atoms in total. The highest BCUT2D eigenvalue weighted by molar-refractivity contribution is 9.10. The van der Waals surface area contributed by atoms with Crippen molar-refractivity contribution >= 4 is 15.9 Å². The third kappa shape index (κ3) is 4.36. The molecular formula is C14H18BrN3O. The maximum Gasteiger partial charge on any atom is 0.119 e. The van der Waals surface area contributed by atoms with Gasteiger partial charge in [0.1, 0.15) is 12.4 Å². The van der Waals surface area contributed by atoms with Crippen LogP contribution in [0.5, 0.6) is 5.75 Å². The Bertz CT molecular complexity index is 510. The molecule has 1 atom stereocenters. The average molecular weight is 324 g/mol. The predicted molar refractivity (Wildman–Crippen MR) is 79.3 cm³/mol. The lowest BCUT2D eigenvalue weighted by molar-refractivity contribution is 0.307. The summed E-state index contributed by atoms with van der Waals surface area (Å²) in [6.45, 7) is 3.56. The fourth-order valence-electron chi connectivity index (χ4n) is 1.76. The Kier molecular flexibility index (Phi) is 4.99. The summed E-state index contributed by atoms with van der Waals surface area (Å²) in [7, 11) is 1.92. The Balaban J connectivity index is 1.70. The molecule has 0 saturated heterocycles. The van der Waals surface area contributed by atoms with Gasteiger partial charge in [0.15, 0.2) is 0 Å². The van der Waals surface area contributed by atoms with Gasteiger partial charge >= 0.3 is 0 Å². The van der Waals surface area contributed by atoms with E-state index in [1.54, 1.807) is 0 Å². The molecule has 1 aromatic heterocycles. The Morgan fingerprint density at radius 3 is 2.74 bits per heavy atom. The second kappa shape index (κ2) is 6.73. The van der Waals surface area contributed by atoms with Crippen molar-refractivity contribution in [2.24, 2.45) is 7.05 Å². The van der Waals surface area contributed by atoms with Crippen LogP contribution in [0, 0.1) is 0 Å². The number of nitrogens with one attached hydrogen (secondary N) is 1. The van der Waals surface area contributed by atoms with Crippen LogP contribution in [0.15, 0.2) is 41.1 Å². The van der Waals surface area contributed by atoms with E-state index in [-0.39, 0.29) is 6.04 Å². The van der Waals surface area contributed by atoms with Crippen LogP contribution in [0.3, 0.4) is 0 Å². The number of aromatic nitrogens is 2. The molecular weight excluding hydrogens is 306 g/mol. The highest BCUT2D eigenvalue weighted by Gasteiger charge is 2.06. The number of halogens is 1. The number of aryl methyl sites for hydroxylation is 1. The van der Waals surface area contributed by atoms with E-state index in [0.29, 0.717) is 6.61 Å². The van der Waals surface area contributed by atoms with Crippen LogP contribution in [0.2, 0.25) is 0 Å². The number of ether oxygens (including phenoxy) is 1. The van der Waals surface area contributed by atoms with Gasteiger partial charge < -0.3 is 10.1 Å². The van der Waals surface area contributed by atoms with E-state index in [1.807, 2.05) is 48.4 Å². The smallest absolute Gasteiger partial charge is 0.119 e. The molecule has 0 spiro atoms. The molecule has 0 fully saturated rings. The van der Waals surface area contributed by atoms with Crippen molar-refractivity contribution in [2.45, 2.75) is 13.0 Å². The van der Waals surface area contributed by atoms with Gasteiger partial charge in [0.2, 0.25) is 0 Å². The predicted octanol–water partition coefficient (Wildman–Crippen LogP) is 2.91. The molecule has 1 N–H and O–H groups in total. The quantitative estimate of drug-likeness (QED) is 0.831. The molecule has 19 heavy (non-hydrogen) atoms. The van der Waals surface area contributed by atoms with Crippen molar-refractivity contribution in [3.8, 4) is 5.75 Å². The first-order valence-electron chi connectivity index (χ1n) is 6.25. The number of nitrogens with zero attached hydrogens (tertiary/aromatic N) is 2. The summed E-state index contributed by atoms with van der Waals surface area (Å²) in [6, 6.07) is 8.13. The lowest BCUT2D eigenvalue weighted by Crippen LogP contribution is -2.24. The molecule has 0 unspecified atom stereocenters. The zero-order valence-corrected chi connectivity index (χ0v) is 12.7. The molecule has 5 heteroatoms. The van der Waals surface area contributed by atoms with Crippen LogP contribution < -0.4 is 10.1 Å². The summed E-state index contributed by atoms with van der Waals surface area (Å²) < 4.78 is 8.52. The van der Waals surface area contributed by atoms with Gasteiger partial charge in [0, 0.05) is 35.9 Å². The van der Waals surface area contributed by atoms with E-state index in [0.717, 1.165) is 16.8 Å². The summed E-state index contributed by atoms with van der Waals surface area (Å²) in [5.74, 6) is 0.888. The Morgan fingerprint density at radius 2 is 2.11 bits per heavy atom. The number of rotatable bonds is 6. The van der Waals surface area contributed by atoms with Crippen LogP contribution in [0.25, 0.3) is 0 Å². The Morgan fingerprint density at radius 1 is 1.37 bits per heavy atom. The standard InChI is InChI=1S/C14H18BrN3O/c1-11(12-9-17-18(2)10-12)16-7-8-19-14-5-3-13(15)4-6-14/h3-6,9-11,16H,7-8H2,1-2H3/t11-/m1/s1. The van der Waals surface area contributed by atoms with Crippen molar-refractivity contribution in [3.63, 3.8) is 0 Å². The zero-order valence-electron chi connectivity index (χ0n) is 11.1. The minimum atomic E-state index is 0.280. The monoisotopic (exact) mass is 323 g/mol. The number of benzene rings is 1. The number of hydrogen-bond donors (Lipinski definition) is 1. The average Bonchev–Trinajstić information content (AvgIpc) is 2.83. The molecule has 0 bridgehead atoms. The minimum absolute atomic E-state index is 0.280. The molecule has 1 heterocycles. The number of hydrogen-bond acceptors (Lipinski definition) is 3.